The maximum atomic E-state index is 13.1. The number of nitrogens with zero attached hydrogens (tertiary/aromatic N) is 3. The molecule has 154 valence electrons. The van der Waals surface area contributed by atoms with Gasteiger partial charge in [0.2, 0.25) is 4.96 Å². The molecule has 0 atom stereocenters. The van der Waals surface area contributed by atoms with E-state index >= 15 is 0 Å². The van der Waals surface area contributed by atoms with Gasteiger partial charge in [0.25, 0.3) is 5.56 Å². The Hall–Kier alpha value is -3.26. The van der Waals surface area contributed by atoms with E-state index in [1.165, 1.54) is 28.0 Å². The summed E-state index contributed by atoms with van der Waals surface area (Å²) in [6.07, 6.45) is 1.77. The molecule has 0 radical (unpaired) electrons. The van der Waals surface area contributed by atoms with Gasteiger partial charge in [0.05, 0.1) is 18.2 Å². The second kappa shape index (κ2) is 8.23. The lowest BCUT2D eigenvalue weighted by molar-refractivity contribution is 0.257. The van der Waals surface area contributed by atoms with Crippen molar-refractivity contribution in [3.05, 3.63) is 68.7 Å². The number of benzene rings is 2. The van der Waals surface area contributed by atoms with Gasteiger partial charge in [-0.25, -0.2) is 4.39 Å². The van der Waals surface area contributed by atoms with Gasteiger partial charge in [-0.15, -0.1) is 5.10 Å². The van der Waals surface area contributed by atoms with E-state index in [2.05, 4.69) is 23.9 Å². The highest BCUT2D eigenvalue weighted by Gasteiger charge is 2.12. The van der Waals surface area contributed by atoms with E-state index in [4.69, 9.17) is 9.47 Å². The van der Waals surface area contributed by atoms with Crippen LogP contribution >= 0.6 is 11.3 Å². The molecule has 2 heterocycles. The van der Waals surface area contributed by atoms with Crippen molar-refractivity contribution in [3.63, 3.8) is 0 Å². The number of aromatic nitrogens is 3. The summed E-state index contributed by atoms with van der Waals surface area (Å²) in [4.78, 5) is 17.6. The van der Waals surface area contributed by atoms with Gasteiger partial charge in [-0.3, -0.25) is 4.79 Å². The van der Waals surface area contributed by atoms with Gasteiger partial charge in [-0.05, 0) is 54.0 Å². The van der Waals surface area contributed by atoms with Crippen LogP contribution < -0.4 is 19.6 Å². The third-order valence-corrected chi connectivity index (χ3v) is 5.30. The van der Waals surface area contributed by atoms with Crippen molar-refractivity contribution < 1.29 is 13.9 Å². The van der Waals surface area contributed by atoms with E-state index < -0.39 is 0 Å². The van der Waals surface area contributed by atoms with Crippen molar-refractivity contribution in [2.24, 2.45) is 5.92 Å². The molecule has 0 amide bonds. The minimum Gasteiger partial charge on any atom is -0.493 e. The van der Waals surface area contributed by atoms with E-state index in [0.29, 0.717) is 44.9 Å². The van der Waals surface area contributed by atoms with Crippen molar-refractivity contribution in [1.29, 1.82) is 0 Å². The van der Waals surface area contributed by atoms with Gasteiger partial charge in [-0.1, -0.05) is 31.3 Å². The molecule has 0 saturated carbocycles. The smallest absolute Gasteiger partial charge is 0.291 e. The Kier molecular flexibility index (Phi) is 5.50. The highest BCUT2D eigenvalue weighted by molar-refractivity contribution is 7.15. The Balaban J connectivity index is 1.67. The summed E-state index contributed by atoms with van der Waals surface area (Å²) < 4.78 is 26.1. The minimum absolute atomic E-state index is 0.255. The first-order valence-corrected chi connectivity index (χ1v) is 10.2. The van der Waals surface area contributed by atoms with Crippen molar-refractivity contribution >= 4 is 22.4 Å². The summed E-state index contributed by atoms with van der Waals surface area (Å²) in [6, 6.07) is 11.4. The first-order valence-electron chi connectivity index (χ1n) is 9.42. The summed E-state index contributed by atoms with van der Waals surface area (Å²) in [6.45, 7) is 4.74. The molecule has 0 spiro atoms. The largest absolute Gasteiger partial charge is 0.493 e. The first kappa shape index (κ1) is 20.0. The summed E-state index contributed by atoms with van der Waals surface area (Å²) in [5.41, 5.74) is 1.21. The van der Waals surface area contributed by atoms with Crippen molar-refractivity contribution in [2.75, 3.05) is 13.7 Å². The van der Waals surface area contributed by atoms with Gasteiger partial charge in [-0.2, -0.15) is 9.50 Å². The Bertz CT molecular complexity index is 1300. The summed E-state index contributed by atoms with van der Waals surface area (Å²) in [5, 5.41) is 4.28. The Labute approximate surface area is 176 Å². The fourth-order valence-corrected chi connectivity index (χ4v) is 3.76. The molecule has 4 rings (SSSR count). The molecule has 4 aromatic rings. The van der Waals surface area contributed by atoms with Gasteiger partial charge >= 0.3 is 0 Å². The number of hydrogen-bond acceptors (Lipinski definition) is 6. The zero-order chi connectivity index (χ0) is 21.3. The fourth-order valence-electron chi connectivity index (χ4n) is 2.86. The number of ether oxygens (including phenoxy) is 2. The van der Waals surface area contributed by atoms with Gasteiger partial charge in [0.15, 0.2) is 17.3 Å². The SMILES string of the molecule is COc1cc(/C=c2\sc3nc(-c4ccc(F)cc4)nn3c2=O)ccc1OCC(C)C. The molecule has 2 aromatic carbocycles. The molecule has 0 aliphatic rings. The van der Waals surface area contributed by atoms with Crippen LogP contribution in [0, 0.1) is 11.7 Å². The molecule has 0 aliphatic heterocycles. The van der Waals surface area contributed by atoms with Crippen LogP contribution in [0.4, 0.5) is 4.39 Å². The molecule has 30 heavy (non-hydrogen) atoms. The van der Waals surface area contributed by atoms with Crippen LogP contribution in [0.5, 0.6) is 11.5 Å². The number of methoxy groups -OCH3 is 1. The van der Waals surface area contributed by atoms with Gasteiger partial charge < -0.3 is 9.47 Å². The molecule has 0 saturated heterocycles. The van der Waals surface area contributed by atoms with Crippen LogP contribution in [0.1, 0.15) is 19.4 Å². The van der Waals surface area contributed by atoms with Crippen LogP contribution in [0.2, 0.25) is 0 Å². The van der Waals surface area contributed by atoms with Crippen molar-refractivity contribution in [2.45, 2.75) is 13.8 Å². The molecule has 8 heteroatoms. The minimum atomic E-state index is -0.336. The van der Waals surface area contributed by atoms with E-state index in [9.17, 15) is 9.18 Å². The molecule has 6 nitrogen and oxygen atoms in total. The second-order valence-corrected chi connectivity index (χ2v) is 8.18. The standard InChI is InChI=1S/C22H20FN3O3S/c1-13(2)12-29-17-9-4-14(10-18(17)28-3)11-19-21(27)26-22(30-19)24-20(25-26)15-5-7-16(23)8-6-15/h4-11,13H,12H2,1-3H3/b19-11-. The molecule has 2 aromatic heterocycles. The lowest BCUT2D eigenvalue weighted by Gasteiger charge is -2.12. The van der Waals surface area contributed by atoms with Gasteiger partial charge in [0.1, 0.15) is 5.82 Å². The van der Waals surface area contributed by atoms with Crippen LogP contribution in [0.25, 0.3) is 22.4 Å². The van der Waals surface area contributed by atoms with E-state index in [1.54, 1.807) is 25.3 Å². The highest BCUT2D eigenvalue weighted by Crippen LogP contribution is 2.28. The van der Waals surface area contributed by atoms with Crippen molar-refractivity contribution in [3.8, 4) is 22.9 Å². The Morgan fingerprint density at radius 1 is 1.17 bits per heavy atom. The molecule has 0 aliphatic carbocycles. The molecule has 0 fully saturated rings. The lowest BCUT2D eigenvalue weighted by atomic mass is 10.2. The number of fused-ring (bicyclic) bond motifs is 1. The number of thiazole rings is 1. The second-order valence-electron chi connectivity index (χ2n) is 7.17. The monoisotopic (exact) mass is 425 g/mol. The molecular formula is C22H20FN3O3S. The summed E-state index contributed by atoms with van der Waals surface area (Å²) >= 11 is 1.24. The molecule has 0 N–H and O–H groups in total. The van der Waals surface area contributed by atoms with Gasteiger partial charge in [0, 0.05) is 5.56 Å². The normalized spacial score (nSPS) is 12.1. The number of rotatable bonds is 6. The first-order chi connectivity index (χ1) is 14.4. The molecule has 0 bridgehead atoms. The zero-order valence-corrected chi connectivity index (χ0v) is 17.6. The summed E-state index contributed by atoms with van der Waals surface area (Å²) in [5.74, 6) is 1.72. The average Bonchev–Trinajstić information content (AvgIpc) is 3.27. The topological polar surface area (TPSA) is 65.7 Å². The predicted octanol–water partition coefficient (Wildman–Crippen LogP) is 3.55. The van der Waals surface area contributed by atoms with Crippen LogP contribution in [-0.2, 0) is 0 Å². The van der Waals surface area contributed by atoms with E-state index in [-0.39, 0.29) is 11.4 Å². The maximum absolute atomic E-state index is 13.1. The molecular weight excluding hydrogens is 405 g/mol. The predicted molar refractivity (Wildman–Crippen MR) is 115 cm³/mol. The number of halogens is 1. The highest BCUT2D eigenvalue weighted by atomic mass is 32.1. The van der Waals surface area contributed by atoms with Crippen molar-refractivity contribution in [1.82, 2.24) is 14.6 Å². The third kappa shape index (κ3) is 4.04. The number of hydrogen-bond donors (Lipinski definition) is 0. The quantitative estimate of drug-likeness (QED) is 0.473. The maximum Gasteiger partial charge on any atom is 0.291 e. The fraction of sp³-hybridized carbons (Fsp3) is 0.227. The molecule has 0 unspecified atom stereocenters. The zero-order valence-electron chi connectivity index (χ0n) is 16.8. The van der Waals surface area contributed by atoms with E-state index in [0.717, 1.165) is 5.56 Å². The van der Waals surface area contributed by atoms with Crippen LogP contribution in [0.15, 0.2) is 47.3 Å². The summed E-state index contributed by atoms with van der Waals surface area (Å²) in [7, 11) is 1.58. The Morgan fingerprint density at radius 2 is 1.93 bits per heavy atom. The van der Waals surface area contributed by atoms with Crippen LogP contribution in [0.3, 0.4) is 0 Å². The third-order valence-electron chi connectivity index (χ3n) is 4.34. The average molecular weight is 425 g/mol. The van der Waals surface area contributed by atoms with E-state index in [1.807, 2.05) is 18.2 Å². The Morgan fingerprint density at radius 3 is 2.60 bits per heavy atom. The lowest BCUT2D eigenvalue weighted by Crippen LogP contribution is -2.23. The van der Waals surface area contributed by atoms with Crippen LogP contribution in [-0.4, -0.2) is 28.3 Å².